The number of ether oxygens (including phenoxy) is 3. The third kappa shape index (κ3) is 5.55. The van der Waals surface area contributed by atoms with Crippen molar-refractivity contribution in [1.29, 1.82) is 0 Å². The van der Waals surface area contributed by atoms with E-state index in [2.05, 4.69) is 18.8 Å². The maximum Gasteiger partial charge on any atom is 0.251 e. The van der Waals surface area contributed by atoms with Gasteiger partial charge >= 0.3 is 0 Å². The van der Waals surface area contributed by atoms with Crippen molar-refractivity contribution in [3.8, 4) is 17.2 Å². The third-order valence-corrected chi connectivity index (χ3v) is 3.63. The Hall–Kier alpha value is -2.95. The molecule has 5 nitrogen and oxygen atoms in total. The Morgan fingerprint density at radius 3 is 2.54 bits per heavy atom. The number of rotatable bonds is 10. The van der Waals surface area contributed by atoms with Gasteiger partial charge in [-0.2, -0.15) is 0 Å². The van der Waals surface area contributed by atoms with Gasteiger partial charge in [-0.3, -0.25) is 4.79 Å². The fourth-order valence-electron chi connectivity index (χ4n) is 2.30. The molecule has 2 aromatic rings. The number of nitrogens with one attached hydrogen (secondary N) is 1. The summed E-state index contributed by atoms with van der Waals surface area (Å²) in [5, 5.41) is 2.90. The Labute approximate surface area is 154 Å². The molecule has 0 atom stereocenters. The molecule has 0 heterocycles. The summed E-state index contributed by atoms with van der Waals surface area (Å²) in [6.07, 6.45) is 2.60. The summed E-state index contributed by atoms with van der Waals surface area (Å²) in [4.78, 5) is 12.3. The molecule has 2 aromatic carbocycles. The van der Waals surface area contributed by atoms with Gasteiger partial charge in [-0.1, -0.05) is 25.6 Å². The van der Waals surface area contributed by atoms with E-state index in [-0.39, 0.29) is 5.91 Å². The minimum absolute atomic E-state index is 0.148. The Balaban J connectivity index is 1.94. The van der Waals surface area contributed by atoms with Crippen LogP contribution in [0.3, 0.4) is 0 Å². The Kier molecular flexibility index (Phi) is 7.55. The summed E-state index contributed by atoms with van der Waals surface area (Å²) in [5.74, 6) is 1.92. The van der Waals surface area contributed by atoms with Gasteiger partial charge in [0.05, 0.1) is 13.7 Å². The summed E-state index contributed by atoms with van der Waals surface area (Å²) >= 11 is 0. The Morgan fingerprint density at radius 1 is 1.12 bits per heavy atom. The molecule has 0 saturated heterocycles. The molecule has 0 bridgehead atoms. The Morgan fingerprint density at radius 2 is 1.88 bits per heavy atom. The number of carbonyl (C=O) groups excluding carboxylic acids is 1. The van der Waals surface area contributed by atoms with E-state index in [0.717, 1.165) is 12.0 Å². The molecular weight excluding hydrogens is 330 g/mol. The van der Waals surface area contributed by atoms with Crippen LogP contribution in [-0.4, -0.2) is 26.2 Å². The topological polar surface area (TPSA) is 56.8 Å². The zero-order chi connectivity index (χ0) is 18.8. The molecule has 1 amide bonds. The zero-order valence-electron chi connectivity index (χ0n) is 15.3. The van der Waals surface area contributed by atoms with E-state index in [4.69, 9.17) is 14.2 Å². The van der Waals surface area contributed by atoms with Gasteiger partial charge in [-0.15, -0.1) is 0 Å². The average Bonchev–Trinajstić information content (AvgIpc) is 2.69. The molecular formula is C21H25NO4. The highest BCUT2D eigenvalue weighted by Gasteiger charge is 2.08. The van der Waals surface area contributed by atoms with Gasteiger partial charge in [0.1, 0.15) is 12.4 Å². The molecule has 0 radical (unpaired) electrons. The molecule has 0 unspecified atom stereocenters. The molecule has 5 heteroatoms. The average molecular weight is 355 g/mol. The predicted octanol–water partition coefficient (Wildman–Crippen LogP) is 3.98. The second-order valence-electron chi connectivity index (χ2n) is 5.64. The molecule has 0 aliphatic heterocycles. The lowest BCUT2D eigenvalue weighted by Gasteiger charge is -2.12. The minimum atomic E-state index is -0.148. The van der Waals surface area contributed by atoms with Crippen molar-refractivity contribution in [1.82, 2.24) is 5.32 Å². The first kappa shape index (κ1) is 19.4. The SMILES string of the molecule is C=CCOc1ccc(C(=O)NCc2ccc(OCCC)c(OC)c2)cc1. The molecule has 26 heavy (non-hydrogen) atoms. The van der Waals surface area contributed by atoms with E-state index < -0.39 is 0 Å². The second-order valence-corrected chi connectivity index (χ2v) is 5.64. The lowest BCUT2D eigenvalue weighted by molar-refractivity contribution is 0.0951. The van der Waals surface area contributed by atoms with Crippen molar-refractivity contribution < 1.29 is 19.0 Å². The van der Waals surface area contributed by atoms with Gasteiger partial charge in [0.25, 0.3) is 5.91 Å². The van der Waals surface area contributed by atoms with Crippen LogP contribution in [-0.2, 0) is 6.54 Å². The summed E-state index contributed by atoms with van der Waals surface area (Å²) in [6, 6.07) is 12.6. The van der Waals surface area contributed by atoms with E-state index in [1.807, 2.05) is 18.2 Å². The molecule has 0 spiro atoms. The first-order valence-corrected chi connectivity index (χ1v) is 8.59. The standard InChI is InChI=1S/C21H25NO4/c1-4-12-25-18-9-7-17(8-10-18)21(23)22-15-16-6-11-19(26-13-5-2)20(14-16)24-3/h4,6-11,14H,1,5,12-13,15H2,2-3H3,(H,22,23). The number of methoxy groups -OCH3 is 1. The van der Waals surface area contributed by atoms with Crippen molar-refractivity contribution >= 4 is 5.91 Å². The second kappa shape index (κ2) is 10.1. The normalized spacial score (nSPS) is 10.1. The van der Waals surface area contributed by atoms with Crippen LogP contribution < -0.4 is 19.5 Å². The largest absolute Gasteiger partial charge is 0.493 e. The van der Waals surface area contributed by atoms with Gasteiger partial charge in [-0.25, -0.2) is 0 Å². The predicted molar refractivity (Wildman–Crippen MR) is 102 cm³/mol. The summed E-state index contributed by atoms with van der Waals surface area (Å²) in [7, 11) is 1.60. The van der Waals surface area contributed by atoms with E-state index in [1.54, 1.807) is 37.5 Å². The highest BCUT2D eigenvalue weighted by molar-refractivity contribution is 5.94. The monoisotopic (exact) mass is 355 g/mol. The van der Waals surface area contributed by atoms with Crippen LogP contribution in [0.15, 0.2) is 55.1 Å². The number of benzene rings is 2. The van der Waals surface area contributed by atoms with Crippen molar-refractivity contribution in [2.75, 3.05) is 20.3 Å². The van der Waals surface area contributed by atoms with Crippen LogP contribution in [0.5, 0.6) is 17.2 Å². The number of hydrogen-bond acceptors (Lipinski definition) is 4. The van der Waals surface area contributed by atoms with Crippen LogP contribution in [0.25, 0.3) is 0 Å². The maximum absolute atomic E-state index is 12.3. The zero-order valence-corrected chi connectivity index (χ0v) is 15.3. The van der Waals surface area contributed by atoms with Crippen LogP contribution in [0, 0.1) is 0 Å². The van der Waals surface area contributed by atoms with E-state index in [9.17, 15) is 4.79 Å². The molecule has 1 N–H and O–H groups in total. The lowest BCUT2D eigenvalue weighted by atomic mass is 10.1. The first-order valence-electron chi connectivity index (χ1n) is 8.59. The van der Waals surface area contributed by atoms with Gasteiger partial charge in [0, 0.05) is 12.1 Å². The summed E-state index contributed by atoms with van der Waals surface area (Å²) in [5.41, 5.74) is 1.51. The van der Waals surface area contributed by atoms with Gasteiger partial charge in [0.15, 0.2) is 11.5 Å². The highest BCUT2D eigenvalue weighted by Crippen LogP contribution is 2.28. The van der Waals surface area contributed by atoms with Crippen molar-refractivity contribution in [3.63, 3.8) is 0 Å². The minimum Gasteiger partial charge on any atom is -0.493 e. The quantitative estimate of drug-likeness (QED) is 0.655. The van der Waals surface area contributed by atoms with E-state index in [1.165, 1.54) is 0 Å². The molecule has 138 valence electrons. The summed E-state index contributed by atoms with van der Waals surface area (Å²) < 4.78 is 16.4. The first-order chi connectivity index (χ1) is 12.7. The smallest absolute Gasteiger partial charge is 0.251 e. The molecule has 0 aliphatic rings. The fourth-order valence-corrected chi connectivity index (χ4v) is 2.30. The van der Waals surface area contributed by atoms with Gasteiger partial charge in [-0.05, 0) is 48.4 Å². The fraction of sp³-hybridized carbons (Fsp3) is 0.286. The van der Waals surface area contributed by atoms with Crippen LogP contribution in [0.4, 0.5) is 0 Å². The van der Waals surface area contributed by atoms with Crippen LogP contribution in [0.2, 0.25) is 0 Å². The van der Waals surface area contributed by atoms with E-state index in [0.29, 0.717) is 42.6 Å². The Bertz CT molecular complexity index is 725. The van der Waals surface area contributed by atoms with Crippen molar-refractivity contribution in [2.45, 2.75) is 19.9 Å². The van der Waals surface area contributed by atoms with Gasteiger partial charge in [0.2, 0.25) is 0 Å². The van der Waals surface area contributed by atoms with Crippen LogP contribution in [0.1, 0.15) is 29.3 Å². The van der Waals surface area contributed by atoms with Crippen molar-refractivity contribution in [3.05, 3.63) is 66.2 Å². The molecule has 0 saturated carbocycles. The lowest BCUT2D eigenvalue weighted by Crippen LogP contribution is -2.22. The molecule has 2 rings (SSSR count). The molecule has 0 fully saturated rings. The van der Waals surface area contributed by atoms with Crippen LogP contribution >= 0.6 is 0 Å². The highest BCUT2D eigenvalue weighted by atomic mass is 16.5. The number of carbonyl (C=O) groups is 1. The van der Waals surface area contributed by atoms with Crippen molar-refractivity contribution in [2.24, 2.45) is 0 Å². The number of amides is 1. The molecule has 0 aromatic heterocycles. The maximum atomic E-state index is 12.3. The van der Waals surface area contributed by atoms with Gasteiger partial charge < -0.3 is 19.5 Å². The third-order valence-electron chi connectivity index (χ3n) is 3.63. The summed E-state index contributed by atoms with van der Waals surface area (Å²) in [6.45, 7) is 7.13. The molecule has 0 aliphatic carbocycles. The number of hydrogen-bond donors (Lipinski definition) is 1. The van der Waals surface area contributed by atoms with E-state index >= 15 is 0 Å².